The molecule has 1 aromatic heterocycles. The standard InChI is InChI=1S/C16H20NO2S.Tl/c18-15-11-17(12-15)6-1-7-19-8-4-13-2-3-16-14(10-13)5-9-20-16;/h2-3,5,9-10,15H,1,4,6-8,11-12H2;/q-1;+1. The molecule has 1 saturated heterocycles. The Kier molecular flexibility index (Phi) is 6.05. The van der Waals surface area contributed by atoms with Crippen LogP contribution in [0.4, 0.5) is 0 Å². The zero-order chi connectivity index (χ0) is 14.5. The summed E-state index contributed by atoms with van der Waals surface area (Å²) in [6, 6.07) is 8.91. The van der Waals surface area contributed by atoms with Crippen LogP contribution < -0.4 is 0 Å². The number of thiophene rings is 1. The van der Waals surface area contributed by atoms with Crippen LogP contribution in [0, 0.1) is 0 Å². The molecule has 3 nitrogen and oxygen atoms in total. The fourth-order valence-corrected chi connectivity index (χ4v) is 4.09. The number of ether oxygens (including phenoxy) is 1. The van der Waals surface area contributed by atoms with Gasteiger partial charge in [-0.1, -0.05) is 0 Å². The second-order valence-corrected chi connectivity index (χ2v) is 7.53. The molecule has 1 aliphatic heterocycles. The summed E-state index contributed by atoms with van der Waals surface area (Å²) in [5.41, 5.74) is 1.37. The molecular formula is C16H20NO2STl. The van der Waals surface area contributed by atoms with E-state index in [1.54, 1.807) is 11.3 Å². The summed E-state index contributed by atoms with van der Waals surface area (Å²) in [6.07, 6.45) is 2.66. The molecule has 3 rings (SSSR count). The van der Waals surface area contributed by atoms with Gasteiger partial charge in [-0.05, 0) is 22.9 Å². The number of benzene rings is 1. The van der Waals surface area contributed by atoms with Crippen LogP contribution >= 0.6 is 11.3 Å². The van der Waals surface area contributed by atoms with Crippen LogP contribution in [0.2, 0.25) is 0 Å². The predicted molar refractivity (Wildman–Crippen MR) is 88.0 cm³/mol. The van der Waals surface area contributed by atoms with Gasteiger partial charge in [-0.3, -0.25) is 0 Å². The Hall–Kier alpha value is -0.0179. The quantitative estimate of drug-likeness (QED) is 0.416. The van der Waals surface area contributed by atoms with E-state index in [4.69, 9.17) is 7.42 Å². The molecule has 0 unspecified atom stereocenters. The van der Waals surface area contributed by atoms with Crippen molar-refractivity contribution in [1.29, 1.82) is 0 Å². The van der Waals surface area contributed by atoms with Gasteiger partial charge in [0, 0.05) is 4.70 Å². The molecule has 110 valence electrons. The first-order valence-corrected chi connectivity index (χ1v) is 10.2. The molecule has 0 amide bonds. The van der Waals surface area contributed by atoms with E-state index >= 15 is 0 Å². The maximum atomic E-state index is 5.76. The number of nitrogens with zero attached hydrogens (tertiary/aromatic N) is 1. The zero-order valence-corrected chi connectivity index (χ0v) is 17.5. The van der Waals surface area contributed by atoms with E-state index in [9.17, 15) is 0 Å². The van der Waals surface area contributed by atoms with Gasteiger partial charge >= 0.3 is 108 Å². The summed E-state index contributed by atoms with van der Waals surface area (Å²) < 4.78 is 12.6. The van der Waals surface area contributed by atoms with Gasteiger partial charge in [0.05, 0.1) is 0 Å². The van der Waals surface area contributed by atoms with Crippen molar-refractivity contribution in [2.75, 3.05) is 32.8 Å². The van der Waals surface area contributed by atoms with Gasteiger partial charge in [0.15, 0.2) is 0 Å². The Morgan fingerprint density at radius 1 is 1.24 bits per heavy atom. The Bertz CT molecular complexity index is 568. The predicted octanol–water partition coefficient (Wildman–Crippen LogP) is 2.63. The second-order valence-electron chi connectivity index (χ2n) is 5.53. The molecule has 1 fully saturated rings. The van der Waals surface area contributed by atoms with Gasteiger partial charge in [-0.2, -0.15) is 0 Å². The topological polar surface area (TPSA) is 21.7 Å². The summed E-state index contributed by atoms with van der Waals surface area (Å²) in [5.74, 6) is 0. The van der Waals surface area contributed by atoms with E-state index in [2.05, 4.69) is 34.5 Å². The van der Waals surface area contributed by atoms with Crippen molar-refractivity contribution in [2.24, 2.45) is 0 Å². The fourth-order valence-electron chi connectivity index (χ4n) is 2.65. The Morgan fingerprint density at radius 2 is 2.14 bits per heavy atom. The van der Waals surface area contributed by atoms with Crippen LogP contribution in [0.3, 0.4) is 0 Å². The molecule has 0 saturated carbocycles. The van der Waals surface area contributed by atoms with Crippen LogP contribution in [0.5, 0.6) is 0 Å². The van der Waals surface area contributed by atoms with Gasteiger partial charge in [0.25, 0.3) is 0 Å². The van der Waals surface area contributed by atoms with Crippen molar-refractivity contribution >= 4 is 47.6 Å². The molecule has 21 heavy (non-hydrogen) atoms. The van der Waals surface area contributed by atoms with Crippen LogP contribution in [0.1, 0.15) is 12.0 Å². The Labute approximate surface area is 146 Å². The van der Waals surface area contributed by atoms with E-state index in [1.165, 1.54) is 15.6 Å². The Balaban J connectivity index is 1.28. The van der Waals surface area contributed by atoms with E-state index in [0.717, 1.165) is 45.7 Å². The van der Waals surface area contributed by atoms with Gasteiger partial charge in [-0.15, -0.1) is 11.3 Å². The summed E-state index contributed by atoms with van der Waals surface area (Å²) in [5, 5.41) is 3.50. The first-order chi connectivity index (χ1) is 10.3. The van der Waals surface area contributed by atoms with Crippen molar-refractivity contribution in [3.63, 3.8) is 0 Å². The van der Waals surface area contributed by atoms with Gasteiger partial charge in [-0.25, -0.2) is 0 Å². The van der Waals surface area contributed by atoms with Crippen LogP contribution in [0.15, 0.2) is 29.6 Å². The molecule has 2 heterocycles. The molecule has 1 aromatic carbocycles. The van der Waals surface area contributed by atoms with Crippen LogP contribution in [-0.2, 0) is 13.8 Å². The van der Waals surface area contributed by atoms with Gasteiger partial charge in [0.2, 0.25) is 0 Å². The zero-order valence-electron chi connectivity index (χ0n) is 12.2. The second kappa shape index (κ2) is 8.01. The Morgan fingerprint density at radius 3 is 3.00 bits per heavy atom. The minimum atomic E-state index is 0.531. The van der Waals surface area contributed by atoms with Crippen molar-refractivity contribution in [3.8, 4) is 0 Å². The van der Waals surface area contributed by atoms with Crippen molar-refractivity contribution in [3.05, 3.63) is 35.2 Å². The molecule has 0 aliphatic carbocycles. The summed E-state index contributed by atoms with van der Waals surface area (Å²) in [7, 11) is 0. The first-order valence-electron chi connectivity index (χ1n) is 7.47. The number of rotatable bonds is 8. The monoisotopic (exact) mass is 495 g/mol. The molecule has 0 radical (unpaired) electrons. The number of fused-ring (bicyclic) bond motifs is 1. The molecular weight excluding hydrogens is 475 g/mol. The molecule has 2 aromatic rings. The number of likely N-dealkylation sites (tertiary alicyclic amines) is 1. The maximum absolute atomic E-state index is 5.76. The minimum absolute atomic E-state index is 0.531. The van der Waals surface area contributed by atoms with Crippen LogP contribution in [0.25, 0.3) is 10.1 Å². The first kappa shape index (κ1) is 15.9. The van der Waals surface area contributed by atoms with E-state index in [1.807, 2.05) is 0 Å². The summed E-state index contributed by atoms with van der Waals surface area (Å²) in [6.45, 7) is 5.08. The number of hydrogen-bond donors (Lipinski definition) is 0. The van der Waals surface area contributed by atoms with Crippen molar-refractivity contribution < 1.29 is 7.42 Å². The normalized spacial score (nSPS) is 16.3. The average Bonchev–Trinajstić information content (AvgIpc) is 2.92. The van der Waals surface area contributed by atoms with Crippen molar-refractivity contribution in [2.45, 2.75) is 18.9 Å². The van der Waals surface area contributed by atoms with Crippen molar-refractivity contribution in [1.82, 2.24) is 4.90 Å². The third-order valence-electron chi connectivity index (χ3n) is 3.93. The third-order valence-corrected chi connectivity index (χ3v) is 6.33. The summed E-state index contributed by atoms with van der Waals surface area (Å²) in [4.78, 5) is 2.45. The molecule has 5 heteroatoms. The van der Waals surface area contributed by atoms with Crippen LogP contribution in [-0.4, -0.2) is 70.1 Å². The fraction of sp³-hybridized carbons (Fsp3) is 0.500. The van der Waals surface area contributed by atoms with Gasteiger partial charge < -0.3 is 0 Å². The third kappa shape index (κ3) is 4.48. The average molecular weight is 495 g/mol. The SMILES string of the molecule is [Tl][O]C1CN(CCCOCCc2ccc3sccc3c2)C1. The van der Waals surface area contributed by atoms with E-state index in [-0.39, 0.29) is 0 Å². The molecule has 0 spiro atoms. The summed E-state index contributed by atoms with van der Waals surface area (Å²) >= 11 is 2.48. The molecule has 1 aliphatic rings. The molecule has 0 bridgehead atoms. The molecule has 0 N–H and O–H groups in total. The number of hydrogen-bond acceptors (Lipinski definition) is 4. The van der Waals surface area contributed by atoms with E-state index in [0.29, 0.717) is 32.3 Å². The van der Waals surface area contributed by atoms with Gasteiger partial charge in [0.1, 0.15) is 0 Å². The molecule has 0 atom stereocenters. The van der Waals surface area contributed by atoms with E-state index < -0.39 is 0 Å².